The Kier molecular flexibility index (Phi) is 8.29. The van der Waals surface area contributed by atoms with Gasteiger partial charge in [0.2, 0.25) is 0 Å². The molecule has 5 heterocycles. The van der Waals surface area contributed by atoms with Gasteiger partial charge in [-0.1, -0.05) is 133 Å². The minimum absolute atomic E-state index is 0.946. The van der Waals surface area contributed by atoms with Gasteiger partial charge in [-0.05, 0) is 120 Å². The summed E-state index contributed by atoms with van der Waals surface area (Å²) in [5, 5.41) is 9.73. The predicted molar refractivity (Wildman–Crippen MR) is 292 cm³/mol. The van der Waals surface area contributed by atoms with Crippen molar-refractivity contribution in [1.29, 1.82) is 0 Å². The van der Waals surface area contributed by atoms with Gasteiger partial charge in [0.05, 0.1) is 56.0 Å². The van der Waals surface area contributed by atoms with Crippen LogP contribution in [0.2, 0.25) is 0 Å². The van der Waals surface area contributed by atoms with Crippen LogP contribution in [0.5, 0.6) is 0 Å². The summed E-state index contributed by atoms with van der Waals surface area (Å²) in [6, 6.07) is 88.2. The highest BCUT2D eigenvalue weighted by molar-refractivity contribution is 6.15. The van der Waals surface area contributed by atoms with E-state index in [2.05, 4.69) is 267 Å². The minimum Gasteiger partial charge on any atom is -0.309 e. The van der Waals surface area contributed by atoms with Gasteiger partial charge in [-0.2, -0.15) is 0 Å². The maximum Gasteiger partial charge on any atom is 0.0724 e. The number of fused-ring (bicyclic) bond motifs is 12. The van der Waals surface area contributed by atoms with E-state index in [9.17, 15) is 0 Å². The zero-order chi connectivity index (χ0) is 45.9. The van der Waals surface area contributed by atoms with Crippen LogP contribution >= 0.6 is 0 Å². The van der Waals surface area contributed by atoms with Crippen LogP contribution < -0.4 is 0 Å². The fourth-order valence-corrected chi connectivity index (χ4v) is 11.5. The molecule has 326 valence electrons. The molecular weight excluding hydrogens is 851 g/mol. The molecule has 70 heavy (non-hydrogen) atoms. The molecule has 5 nitrogen and oxygen atoms in total. The van der Waals surface area contributed by atoms with Crippen LogP contribution in [0.15, 0.2) is 249 Å². The van der Waals surface area contributed by atoms with Gasteiger partial charge in [0, 0.05) is 71.4 Å². The first-order chi connectivity index (χ1) is 34.7. The highest BCUT2D eigenvalue weighted by Crippen LogP contribution is 2.41. The van der Waals surface area contributed by atoms with Crippen molar-refractivity contribution in [2.24, 2.45) is 0 Å². The first-order valence-corrected chi connectivity index (χ1v) is 23.9. The summed E-state index contributed by atoms with van der Waals surface area (Å²) < 4.78 is 9.54. The second-order valence-electron chi connectivity index (χ2n) is 18.4. The van der Waals surface area contributed by atoms with E-state index in [0.29, 0.717) is 0 Å². The molecule has 0 spiro atoms. The minimum atomic E-state index is 0.946. The molecule has 15 aromatic rings. The maximum atomic E-state index is 5.21. The monoisotopic (exact) mass is 891 g/mol. The Morgan fingerprint density at radius 3 is 1.06 bits per heavy atom. The molecule has 10 aromatic carbocycles. The summed E-state index contributed by atoms with van der Waals surface area (Å²) in [5.41, 5.74) is 18.3. The molecule has 5 heteroatoms. The SMILES string of the molecule is c1ccc(-n2c3ccccc3c3cc(-c4ccc5c(c4)c4ccccc4n5-c4ccc5c6cc(-c7ccc8c(c7)c7ccccc7n8-c7ccccc7)ncc6n(-c6ccccc6)c5c4)ccc32)cc1. The molecule has 0 unspecified atom stereocenters. The molecule has 0 amide bonds. The Bertz CT molecular complexity index is 4570. The van der Waals surface area contributed by atoms with E-state index >= 15 is 0 Å². The quantitative estimate of drug-likeness (QED) is 0.164. The fraction of sp³-hybridized carbons (Fsp3) is 0. The number of benzene rings is 10. The van der Waals surface area contributed by atoms with Crippen LogP contribution in [0.1, 0.15) is 0 Å². The molecule has 5 aromatic heterocycles. The van der Waals surface area contributed by atoms with Crippen molar-refractivity contribution in [3.8, 4) is 45.1 Å². The maximum absolute atomic E-state index is 5.21. The molecule has 0 aliphatic rings. The molecule has 0 saturated carbocycles. The third-order valence-electron chi connectivity index (χ3n) is 14.6. The van der Waals surface area contributed by atoms with Crippen LogP contribution in [0, 0.1) is 0 Å². The Balaban J connectivity index is 0.882. The van der Waals surface area contributed by atoms with Gasteiger partial charge in [0.25, 0.3) is 0 Å². The summed E-state index contributed by atoms with van der Waals surface area (Å²) in [5.74, 6) is 0. The van der Waals surface area contributed by atoms with E-state index in [4.69, 9.17) is 4.98 Å². The third-order valence-corrected chi connectivity index (χ3v) is 14.6. The van der Waals surface area contributed by atoms with Crippen molar-refractivity contribution in [3.05, 3.63) is 249 Å². The number of nitrogens with zero attached hydrogens (tertiary/aromatic N) is 5. The first-order valence-electron chi connectivity index (χ1n) is 23.9. The van der Waals surface area contributed by atoms with Gasteiger partial charge in [-0.3, -0.25) is 4.98 Å². The van der Waals surface area contributed by atoms with E-state index in [1.54, 1.807) is 0 Å². The molecule has 15 rings (SSSR count). The first kappa shape index (κ1) is 38.6. The zero-order valence-corrected chi connectivity index (χ0v) is 37.9. The lowest BCUT2D eigenvalue weighted by atomic mass is 10.0. The Hall–Kier alpha value is -9.45. The molecule has 0 saturated heterocycles. The van der Waals surface area contributed by atoms with Crippen LogP contribution in [0.25, 0.3) is 132 Å². The van der Waals surface area contributed by atoms with Crippen molar-refractivity contribution in [2.45, 2.75) is 0 Å². The van der Waals surface area contributed by atoms with E-state index in [1.165, 1.54) is 81.9 Å². The van der Waals surface area contributed by atoms with Gasteiger partial charge in [0.1, 0.15) is 0 Å². The van der Waals surface area contributed by atoms with Gasteiger partial charge in [-0.25, -0.2) is 0 Å². The number of hydrogen-bond acceptors (Lipinski definition) is 1. The number of para-hydroxylation sites is 6. The fourth-order valence-electron chi connectivity index (χ4n) is 11.5. The normalized spacial score (nSPS) is 12.0. The van der Waals surface area contributed by atoms with Crippen LogP contribution in [-0.2, 0) is 0 Å². The molecule has 0 fully saturated rings. The average Bonchev–Trinajstić information content (AvgIpc) is 4.15. The highest BCUT2D eigenvalue weighted by atomic mass is 15.0. The predicted octanol–water partition coefficient (Wildman–Crippen LogP) is 16.8. The van der Waals surface area contributed by atoms with E-state index in [1.807, 2.05) is 0 Å². The lowest BCUT2D eigenvalue weighted by molar-refractivity contribution is 1.15. The van der Waals surface area contributed by atoms with Crippen molar-refractivity contribution >= 4 is 87.2 Å². The third kappa shape index (κ3) is 5.69. The van der Waals surface area contributed by atoms with Crippen LogP contribution in [-0.4, -0.2) is 23.3 Å². The van der Waals surface area contributed by atoms with E-state index in [-0.39, 0.29) is 0 Å². The second kappa shape index (κ2) is 15.0. The Morgan fingerprint density at radius 2 is 0.571 bits per heavy atom. The van der Waals surface area contributed by atoms with Crippen molar-refractivity contribution in [2.75, 3.05) is 0 Å². The summed E-state index contributed by atoms with van der Waals surface area (Å²) in [6.07, 6.45) is 2.06. The summed E-state index contributed by atoms with van der Waals surface area (Å²) in [6.45, 7) is 0. The van der Waals surface area contributed by atoms with Gasteiger partial charge in [-0.15, -0.1) is 0 Å². The summed E-state index contributed by atoms with van der Waals surface area (Å²) in [4.78, 5) is 5.21. The topological polar surface area (TPSA) is 32.6 Å². The highest BCUT2D eigenvalue weighted by Gasteiger charge is 2.20. The van der Waals surface area contributed by atoms with Crippen molar-refractivity contribution in [3.63, 3.8) is 0 Å². The standard InChI is InChI=1S/C65H41N5/c1-4-16-45(17-5-1)67-58-25-13-10-22-49(58)53-36-42(28-33-61(53)67)43-29-34-63-54(37-43)50-23-12-15-27-60(50)70(63)48-31-32-52-56-40-57(66-41-65(56)69(64(52)39-48)47-20-8-3-9-21-47)44-30-35-62-55(38-44)51-24-11-14-26-59(51)68(62)46-18-6-2-7-19-46/h1-41H. The number of hydrogen-bond donors (Lipinski definition) is 0. The van der Waals surface area contributed by atoms with Crippen molar-refractivity contribution < 1.29 is 0 Å². The van der Waals surface area contributed by atoms with Gasteiger partial charge in [0.15, 0.2) is 0 Å². The van der Waals surface area contributed by atoms with E-state index in [0.717, 1.165) is 50.4 Å². The number of rotatable bonds is 6. The number of aromatic nitrogens is 5. The second-order valence-corrected chi connectivity index (χ2v) is 18.4. The molecule has 0 aliphatic carbocycles. The van der Waals surface area contributed by atoms with Crippen LogP contribution in [0.4, 0.5) is 0 Å². The lowest BCUT2D eigenvalue weighted by Gasteiger charge is -2.11. The zero-order valence-electron chi connectivity index (χ0n) is 37.9. The largest absolute Gasteiger partial charge is 0.309 e. The lowest BCUT2D eigenvalue weighted by Crippen LogP contribution is -1.97. The van der Waals surface area contributed by atoms with Crippen molar-refractivity contribution in [1.82, 2.24) is 23.3 Å². The molecule has 0 atom stereocenters. The van der Waals surface area contributed by atoms with E-state index < -0.39 is 0 Å². The Labute approximate surface area is 402 Å². The Morgan fingerprint density at radius 1 is 0.214 bits per heavy atom. The van der Waals surface area contributed by atoms with Gasteiger partial charge >= 0.3 is 0 Å². The molecule has 0 aliphatic heterocycles. The summed E-state index contributed by atoms with van der Waals surface area (Å²) >= 11 is 0. The molecular formula is C65H41N5. The molecule has 0 radical (unpaired) electrons. The molecule has 0 bridgehead atoms. The summed E-state index contributed by atoms with van der Waals surface area (Å²) in [7, 11) is 0. The van der Waals surface area contributed by atoms with Crippen LogP contribution in [0.3, 0.4) is 0 Å². The van der Waals surface area contributed by atoms with Gasteiger partial charge < -0.3 is 18.3 Å². The average molecular weight is 892 g/mol. The molecule has 0 N–H and O–H groups in total. The number of pyridine rings is 1. The smallest absolute Gasteiger partial charge is 0.0724 e.